The van der Waals surface area contributed by atoms with Crippen LogP contribution in [0, 0.1) is 0 Å². The van der Waals surface area contributed by atoms with E-state index in [0.717, 1.165) is 0 Å². The molecule has 83 valence electrons. The predicted octanol–water partition coefficient (Wildman–Crippen LogP) is -0.741. The first kappa shape index (κ1) is 15.3. The molecule has 0 aromatic carbocycles. The standard InChI is InChI=1S/C5H9O2.C3H7NO3/c1-5(2,3)7-4-6;4-2(1-5)3(6)7/h1-3H3;2,5H,1,4H2,(H,6,7)/t;2-/m.0/s1. The fourth-order valence-corrected chi connectivity index (χ4v) is 0.203. The normalized spacial score (nSPS) is 12.1. The Kier molecular flexibility index (Phi) is 7.98. The highest BCUT2D eigenvalue weighted by Crippen LogP contribution is 2.02. The molecule has 0 aromatic heterocycles. The molecular formula is C8H16NO5. The lowest BCUT2D eigenvalue weighted by Gasteiger charge is -2.13. The third kappa shape index (κ3) is 13.4. The number of aliphatic hydroxyl groups is 1. The van der Waals surface area contributed by atoms with Crippen molar-refractivity contribution in [3.8, 4) is 0 Å². The van der Waals surface area contributed by atoms with E-state index in [1.54, 1.807) is 20.8 Å². The minimum atomic E-state index is -1.18. The average molecular weight is 206 g/mol. The molecule has 0 heterocycles. The number of carbonyl (C=O) groups is 1. The highest BCUT2D eigenvalue weighted by Gasteiger charge is 2.08. The van der Waals surface area contributed by atoms with Crippen LogP contribution in [0.15, 0.2) is 0 Å². The molecule has 4 N–H and O–H groups in total. The Morgan fingerprint density at radius 3 is 2.00 bits per heavy atom. The minimum Gasteiger partial charge on any atom is -0.480 e. The number of aliphatic carboxylic acids is 1. The first-order valence-electron chi connectivity index (χ1n) is 3.89. The van der Waals surface area contributed by atoms with Crippen molar-refractivity contribution in [1.29, 1.82) is 0 Å². The van der Waals surface area contributed by atoms with E-state index in [4.69, 9.17) is 15.9 Å². The summed E-state index contributed by atoms with van der Waals surface area (Å²) in [6, 6.07) is -1.13. The van der Waals surface area contributed by atoms with Gasteiger partial charge >= 0.3 is 12.4 Å². The van der Waals surface area contributed by atoms with Crippen LogP contribution in [0.3, 0.4) is 0 Å². The highest BCUT2D eigenvalue weighted by atomic mass is 16.5. The second kappa shape index (κ2) is 7.28. The molecule has 0 unspecified atom stereocenters. The van der Waals surface area contributed by atoms with Crippen LogP contribution in [0.25, 0.3) is 0 Å². The van der Waals surface area contributed by atoms with Crippen LogP contribution in [0.5, 0.6) is 0 Å². The van der Waals surface area contributed by atoms with Crippen molar-refractivity contribution in [1.82, 2.24) is 0 Å². The molecule has 0 aliphatic heterocycles. The van der Waals surface area contributed by atoms with Crippen LogP contribution < -0.4 is 5.73 Å². The summed E-state index contributed by atoms with van der Waals surface area (Å²) in [4.78, 5) is 19.1. The Morgan fingerprint density at radius 1 is 1.57 bits per heavy atom. The Labute approximate surface area is 82.7 Å². The van der Waals surface area contributed by atoms with Gasteiger partial charge in [-0.1, -0.05) is 0 Å². The van der Waals surface area contributed by atoms with Gasteiger partial charge in [-0.05, 0) is 20.8 Å². The lowest BCUT2D eigenvalue weighted by atomic mass is 10.2. The molecule has 1 radical (unpaired) electrons. The number of hydrogen-bond acceptors (Lipinski definition) is 5. The third-order valence-corrected chi connectivity index (χ3v) is 0.862. The maximum atomic E-state index is 9.65. The van der Waals surface area contributed by atoms with Crippen LogP contribution >= 0.6 is 0 Å². The predicted molar refractivity (Wildman–Crippen MR) is 49.2 cm³/mol. The number of carboxylic acids is 1. The monoisotopic (exact) mass is 206 g/mol. The van der Waals surface area contributed by atoms with Gasteiger partial charge in [-0.3, -0.25) is 4.79 Å². The zero-order valence-electron chi connectivity index (χ0n) is 8.48. The first-order valence-corrected chi connectivity index (χ1v) is 3.89. The molecular weight excluding hydrogens is 190 g/mol. The van der Waals surface area contributed by atoms with Crippen molar-refractivity contribution >= 4 is 12.4 Å². The molecule has 14 heavy (non-hydrogen) atoms. The summed E-state index contributed by atoms with van der Waals surface area (Å²) >= 11 is 0. The number of aliphatic hydroxyl groups excluding tert-OH is 1. The van der Waals surface area contributed by atoms with Crippen molar-refractivity contribution in [2.24, 2.45) is 5.73 Å². The molecule has 0 bridgehead atoms. The lowest BCUT2D eigenvalue weighted by Crippen LogP contribution is -2.33. The summed E-state index contributed by atoms with van der Waals surface area (Å²) in [5.74, 6) is -1.18. The average Bonchev–Trinajstić information content (AvgIpc) is 2.01. The largest absolute Gasteiger partial charge is 0.480 e. The van der Waals surface area contributed by atoms with Crippen molar-refractivity contribution < 1.29 is 24.5 Å². The number of carbonyl (C=O) groups excluding carboxylic acids is 1. The second-order valence-electron chi connectivity index (χ2n) is 3.43. The maximum Gasteiger partial charge on any atom is 0.418 e. The fourth-order valence-electron chi connectivity index (χ4n) is 0.203. The van der Waals surface area contributed by atoms with Gasteiger partial charge in [0.1, 0.15) is 11.6 Å². The molecule has 0 saturated heterocycles. The fraction of sp³-hybridized carbons (Fsp3) is 0.750. The van der Waals surface area contributed by atoms with Crippen molar-refractivity contribution in [2.45, 2.75) is 32.4 Å². The van der Waals surface area contributed by atoms with E-state index in [1.165, 1.54) is 6.47 Å². The number of ether oxygens (including phenoxy) is 1. The molecule has 0 saturated carbocycles. The maximum absolute atomic E-state index is 9.65. The van der Waals surface area contributed by atoms with Gasteiger partial charge in [-0.25, -0.2) is 4.79 Å². The van der Waals surface area contributed by atoms with Gasteiger partial charge in [0, 0.05) is 0 Å². The van der Waals surface area contributed by atoms with E-state index in [0.29, 0.717) is 0 Å². The van der Waals surface area contributed by atoms with Gasteiger partial charge in [0.2, 0.25) is 0 Å². The smallest absolute Gasteiger partial charge is 0.418 e. The molecule has 0 fully saturated rings. The summed E-state index contributed by atoms with van der Waals surface area (Å²) in [6.07, 6.45) is 0. The molecule has 0 aromatic rings. The van der Waals surface area contributed by atoms with Crippen LogP contribution in [-0.4, -0.2) is 40.9 Å². The molecule has 0 amide bonds. The molecule has 0 spiro atoms. The van der Waals surface area contributed by atoms with Crippen molar-refractivity contribution in [2.75, 3.05) is 6.61 Å². The Hall–Kier alpha value is -1.14. The quantitative estimate of drug-likeness (QED) is 0.561. The number of carboxylic acid groups (broad SMARTS) is 1. The van der Waals surface area contributed by atoms with Gasteiger partial charge in [0.25, 0.3) is 0 Å². The minimum absolute atomic E-state index is 0.373. The summed E-state index contributed by atoms with van der Waals surface area (Å²) in [7, 11) is 0. The topological polar surface area (TPSA) is 110 Å². The summed E-state index contributed by atoms with van der Waals surface area (Å²) < 4.78 is 4.42. The van der Waals surface area contributed by atoms with Crippen LogP contribution in [0.2, 0.25) is 0 Å². The van der Waals surface area contributed by atoms with E-state index < -0.39 is 18.6 Å². The van der Waals surface area contributed by atoms with Crippen molar-refractivity contribution in [3.63, 3.8) is 0 Å². The Morgan fingerprint density at radius 2 is 2.00 bits per heavy atom. The lowest BCUT2D eigenvalue weighted by molar-refractivity contribution is -0.139. The second-order valence-corrected chi connectivity index (χ2v) is 3.43. The van der Waals surface area contributed by atoms with Gasteiger partial charge in [-0.2, -0.15) is 0 Å². The Bertz CT molecular complexity index is 175. The molecule has 6 nitrogen and oxygen atoms in total. The third-order valence-electron chi connectivity index (χ3n) is 0.862. The van der Waals surface area contributed by atoms with Crippen LogP contribution in [0.4, 0.5) is 0 Å². The summed E-state index contributed by atoms with van der Waals surface area (Å²) in [5.41, 5.74) is 4.39. The van der Waals surface area contributed by atoms with Gasteiger partial charge in [0.05, 0.1) is 6.61 Å². The summed E-state index contributed by atoms with van der Waals surface area (Å²) in [5, 5.41) is 15.9. The Balaban J connectivity index is 0. The SMILES string of the molecule is CC(C)(C)O[C]=O.N[C@@H](CO)C(=O)O. The number of hydrogen-bond donors (Lipinski definition) is 3. The van der Waals surface area contributed by atoms with E-state index in [-0.39, 0.29) is 5.60 Å². The molecule has 0 aliphatic carbocycles. The van der Waals surface area contributed by atoms with Gasteiger partial charge in [-0.15, -0.1) is 0 Å². The first-order chi connectivity index (χ1) is 6.24. The van der Waals surface area contributed by atoms with Gasteiger partial charge in [0.15, 0.2) is 0 Å². The van der Waals surface area contributed by atoms with E-state index in [9.17, 15) is 9.59 Å². The van der Waals surface area contributed by atoms with E-state index >= 15 is 0 Å². The van der Waals surface area contributed by atoms with Crippen LogP contribution in [0.1, 0.15) is 20.8 Å². The molecule has 1 atom stereocenters. The van der Waals surface area contributed by atoms with Gasteiger partial charge < -0.3 is 20.7 Å². The number of rotatable bonds is 3. The highest BCUT2D eigenvalue weighted by molar-refractivity contribution is 5.73. The number of nitrogens with two attached hydrogens (primary N) is 1. The molecule has 0 rings (SSSR count). The molecule has 6 heteroatoms. The van der Waals surface area contributed by atoms with Crippen LogP contribution in [-0.2, 0) is 14.3 Å². The zero-order chi connectivity index (χ0) is 11.8. The zero-order valence-corrected chi connectivity index (χ0v) is 8.48. The van der Waals surface area contributed by atoms with E-state index in [2.05, 4.69) is 4.74 Å². The van der Waals surface area contributed by atoms with E-state index in [1.807, 2.05) is 0 Å². The summed E-state index contributed by atoms with van der Waals surface area (Å²) in [6.45, 7) is 6.22. The van der Waals surface area contributed by atoms with Crippen molar-refractivity contribution in [3.05, 3.63) is 0 Å². The molecule has 0 aliphatic rings.